The molecule has 0 heterocycles. The van der Waals surface area contributed by atoms with Crippen LogP contribution < -0.4 is 5.90 Å². The quantitative estimate of drug-likeness (QED) is 0.208. The number of esters is 1. The number of hydrogen-bond acceptors (Lipinski definition) is 6. The number of carbonyl (C=O) groups excluding carboxylic acids is 1. The number of methoxy groups -OCH3 is 3. The Hall–Kier alpha value is -1.11. The molecule has 0 unspecified atom stereocenters. The average molecular weight is 191 g/mol. The summed E-state index contributed by atoms with van der Waals surface area (Å²) in [6.45, 7) is 0. The summed E-state index contributed by atoms with van der Waals surface area (Å²) < 4.78 is 14.1. The Morgan fingerprint density at radius 1 is 1.31 bits per heavy atom. The van der Waals surface area contributed by atoms with Crippen LogP contribution in [0.4, 0.5) is 0 Å². The van der Waals surface area contributed by atoms with Gasteiger partial charge in [-0.1, -0.05) is 0 Å². The van der Waals surface area contributed by atoms with Crippen molar-refractivity contribution in [1.82, 2.24) is 0 Å². The minimum atomic E-state index is -0.851. The molecule has 2 N–H and O–H groups in total. The number of hydrogen-bond donors (Lipinski definition) is 1. The van der Waals surface area contributed by atoms with Gasteiger partial charge in [-0.15, -0.1) is 0 Å². The average Bonchev–Trinajstić information content (AvgIpc) is 2.17. The largest absolute Gasteiger partial charge is 0.465 e. The van der Waals surface area contributed by atoms with Gasteiger partial charge in [0.25, 0.3) is 0 Å². The van der Waals surface area contributed by atoms with Crippen molar-refractivity contribution >= 4 is 5.97 Å². The van der Waals surface area contributed by atoms with Crippen LogP contribution in [0.25, 0.3) is 0 Å². The molecule has 0 rings (SSSR count). The highest BCUT2D eigenvalue weighted by atomic mass is 16.7. The van der Waals surface area contributed by atoms with Gasteiger partial charge in [-0.2, -0.15) is 5.90 Å². The first-order valence-electron chi connectivity index (χ1n) is 3.40. The number of ether oxygens (including phenoxy) is 3. The Balaban J connectivity index is 4.58. The van der Waals surface area contributed by atoms with E-state index in [1.807, 2.05) is 0 Å². The molecule has 0 fully saturated rings. The van der Waals surface area contributed by atoms with Crippen molar-refractivity contribution in [2.24, 2.45) is 5.90 Å². The monoisotopic (exact) mass is 191 g/mol. The Morgan fingerprint density at radius 2 is 1.85 bits per heavy atom. The van der Waals surface area contributed by atoms with Gasteiger partial charge in [0.05, 0.1) is 7.11 Å². The number of rotatable bonds is 5. The molecule has 0 bridgehead atoms. The molecule has 0 aromatic rings. The third-order valence-electron chi connectivity index (χ3n) is 1.30. The highest BCUT2D eigenvalue weighted by Crippen LogP contribution is 2.08. The molecule has 0 aromatic heterocycles. The summed E-state index contributed by atoms with van der Waals surface area (Å²) in [4.78, 5) is 15.3. The maximum atomic E-state index is 11.1. The fourth-order valence-electron chi connectivity index (χ4n) is 0.741. The second-order valence-electron chi connectivity index (χ2n) is 2.00. The Bertz CT molecular complexity index is 187. The summed E-state index contributed by atoms with van der Waals surface area (Å²) in [5.74, 6) is 4.15. The third kappa shape index (κ3) is 3.41. The zero-order valence-electron chi connectivity index (χ0n) is 7.77. The Labute approximate surface area is 76.1 Å². The van der Waals surface area contributed by atoms with Crippen molar-refractivity contribution in [3.8, 4) is 0 Å². The van der Waals surface area contributed by atoms with Crippen LogP contribution in [0, 0.1) is 0 Å². The fourth-order valence-corrected chi connectivity index (χ4v) is 0.741. The highest BCUT2D eigenvalue weighted by molar-refractivity contribution is 5.88. The molecular formula is C7H13NO5. The van der Waals surface area contributed by atoms with E-state index in [2.05, 4.69) is 9.57 Å². The zero-order chi connectivity index (χ0) is 10.3. The van der Waals surface area contributed by atoms with Crippen LogP contribution in [0.1, 0.15) is 0 Å². The highest BCUT2D eigenvalue weighted by Gasteiger charge is 2.21. The molecule has 0 aliphatic carbocycles. The molecule has 0 spiro atoms. The van der Waals surface area contributed by atoms with Gasteiger partial charge >= 0.3 is 5.97 Å². The summed E-state index contributed by atoms with van der Waals surface area (Å²) in [6.07, 6.45) is 0.153. The lowest BCUT2D eigenvalue weighted by atomic mass is 10.3. The van der Waals surface area contributed by atoms with Crippen molar-refractivity contribution in [3.63, 3.8) is 0 Å². The zero-order valence-corrected chi connectivity index (χ0v) is 7.77. The fraction of sp³-hybridized carbons (Fsp3) is 0.571. The van der Waals surface area contributed by atoms with Crippen LogP contribution in [0.3, 0.4) is 0 Å². The molecule has 0 aliphatic heterocycles. The van der Waals surface area contributed by atoms with E-state index >= 15 is 0 Å². The van der Waals surface area contributed by atoms with E-state index in [1.165, 1.54) is 21.3 Å². The standard InChI is InChI=1S/C7H13NO5/c1-10-6(9)5(4-13-8)7(11-2)12-3/h4,7H,8H2,1-3H3. The van der Waals surface area contributed by atoms with Crippen molar-refractivity contribution in [1.29, 1.82) is 0 Å². The van der Waals surface area contributed by atoms with E-state index in [0.29, 0.717) is 0 Å². The first-order valence-corrected chi connectivity index (χ1v) is 3.40. The Kier molecular flexibility index (Phi) is 5.86. The summed E-state index contributed by atoms with van der Waals surface area (Å²) in [7, 11) is 3.98. The first kappa shape index (κ1) is 11.9. The van der Waals surface area contributed by atoms with E-state index in [-0.39, 0.29) is 5.57 Å². The van der Waals surface area contributed by atoms with Gasteiger partial charge < -0.3 is 19.0 Å². The molecule has 13 heavy (non-hydrogen) atoms. The molecule has 6 heteroatoms. The molecule has 0 amide bonds. The van der Waals surface area contributed by atoms with Gasteiger partial charge in [0.15, 0.2) is 6.29 Å². The predicted molar refractivity (Wildman–Crippen MR) is 43.2 cm³/mol. The molecule has 0 radical (unpaired) electrons. The molecular weight excluding hydrogens is 178 g/mol. The third-order valence-corrected chi connectivity index (χ3v) is 1.30. The maximum Gasteiger partial charge on any atom is 0.342 e. The first-order chi connectivity index (χ1) is 6.21. The topological polar surface area (TPSA) is 80.0 Å². The molecule has 0 saturated heterocycles. The van der Waals surface area contributed by atoms with Crippen LogP contribution in [0.2, 0.25) is 0 Å². The molecule has 0 aromatic carbocycles. The van der Waals surface area contributed by atoms with Crippen LogP contribution in [0.15, 0.2) is 11.8 Å². The van der Waals surface area contributed by atoms with Crippen molar-refractivity contribution < 1.29 is 23.8 Å². The van der Waals surface area contributed by atoms with Crippen LogP contribution in [-0.2, 0) is 23.8 Å². The lowest BCUT2D eigenvalue weighted by molar-refractivity contribution is -0.143. The van der Waals surface area contributed by atoms with E-state index in [9.17, 15) is 4.79 Å². The Morgan fingerprint density at radius 3 is 2.15 bits per heavy atom. The van der Waals surface area contributed by atoms with Gasteiger partial charge in [0.2, 0.25) is 0 Å². The molecule has 0 saturated carbocycles. The smallest absolute Gasteiger partial charge is 0.342 e. The summed E-state index contributed by atoms with van der Waals surface area (Å²) >= 11 is 0. The lowest BCUT2D eigenvalue weighted by Gasteiger charge is -2.14. The van der Waals surface area contributed by atoms with Gasteiger partial charge in [0.1, 0.15) is 11.8 Å². The minimum Gasteiger partial charge on any atom is -0.465 e. The minimum absolute atomic E-state index is 0.0509. The molecule has 76 valence electrons. The van der Waals surface area contributed by atoms with E-state index in [0.717, 1.165) is 6.26 Å². The van der Waals surface area contributed by atoms with Crippen LogP contribution >= 0.6 is 0 Å². The predicted octanol–water partition coefficient (Wildman–Crippen LogP) is -0.448. The molecule has 6 nitrogen and oxygen atoms in total. The number of nitrogens with two attached hydrogens (primary N) is 1. The molecule has 0 aliphatic rings. The van der Waals surface area contributed by atoms with Crippen LogP contribution in [0.5, 0.6) is 0 Å². The maximum absolute atomic E-state index is 11.1. The summed E-state index contributed by atoms with van der Waals surface area (Å²) in [6, 6.07) is 0. The molecule has 0 atom stereocenters. The SMILES string of the molecule is COC(=O)C(=CON)C(OC)OC. The second-order valence-corrected chi connectivity index (χ2v) is 2.00. The normalized spacial score (nSPS) is 11.6. The summed E-state index contributed by atoms with van der Waals surface area (Å²) in [5.41, 5.74) is 0.0509. The number of carbonyl (C=O) groups is 1. The van der Waals surface area contributed by atoms with Gasteiger partial charge in [-0.25, -0.2) is 4.79 Å². The second kappa shape index (κ2) is 6.41. The summed E-state index contributed by atoms with van der Waals surface area (Å²) in [5, 5.41) is 0. The van der Waals surface area contributed by atoms with Crippen molar-refractivity contribution in [2.75, 3.05) is 21.3 Å². The van der Waals surface area contributed by atoms with Gasteiger partial charge in [-0.3, -0.25) is 0 Å². The van der Waals surface area contributed by atoms with Crippen molar-refractivity contribution in [3.05, 3.63) is 11.8 Å². The van der Waals surface area contributed by atoms with Gasteiger partial charge in [-0.05, 0) is 0 Å². The van der Waals surface area contributed by atoms with E-state index < -0.39 is 12.3 Å². The lowest BCUT2D eigenvalue weighted by Crippen LogP contribution is -2.23. The van der Waals surface area contributed by atoms with Crippen LogP contribution in [-0.4, -0.2) is 33.6 Å². The van der Waals surface area contributed by atoms with E-state index in [1.54, 1.807) is 0 Å². The van der Waals surface area contributed by atoms with Gasteiger partial charge in [0, 0.05) is 14.2 Å². The van der Waals surface area contributed by atoms with Crippen molar-refractivity contribution in [2.45, 2.75) is 6.29 Å². The van der Waals surface area contributed by atoms with E-state index in [4.69, 9.17) is 15.4 Å².